The minimum absolute atomic E-state index is 0.108. The Kier molecular flexibility index (Phi) is 5.38. The molecule has 7 nitrogen and oxygen atoms in total. The van der Waals surface area contributed by atoms with E-state index in [-0.39, 0.29) is 31.2 Å². The highest BCUT2D eigenvalue weighted by molar-refractivity contribution is 5.88. The molecule has 0 spiro atoms. The Morgan fingerprint density at radius 1 is 1.03 bits per heavy atom. The van der Waals surface area contributed by atoms with Crippen molar-refractivity contribution in [2.45, 2.75) is 6.54 Å². The zero-order chi connectivity index (χ0) is 20.1. The van der Waals surface area contributed by atoms with E-state index >= 15 is 0 Å². The quantitative estimate of drug-likeness (QED) is 0.525. The van der Waals surface area contributed by atoms with E-state index in [1.807, 2.05) is 42.5 Å². The highest BCUT2D eigenvalue weighted by Crippen LogP contribution is 2.24. The lowest BCUT2D eigenvalue weighted by atomic mass is 10.1. The molecule has 0 saturated carbocycles. The molecule has 7 heteroatoms. The van der Waals surface area contributed by atoms with Crippen LogP contribution in [0.3, 0.4) is 0 Å². The first-order valence-corrected chi connectivity index (χ1v) is 9.20. The lowest BCUT2D eigenvalue weighted by Crippen LogP contribution is -2.34. The van der Waals surface area contributed by atoms with Gasteiger partial charge in [0.1, 0.15) is 11.4 Å². The number of nitrogens with zero attached hydrogens (tertiary/aromatic N) is 2. The number of hydrogen-bond donors (Lipinski definition) is 1. The minimum atomic E-state index is -0.270. The largest absolute Gasteiger partial charge is 0.483 e. The Morgan fingerprint density at radius 3 is 2.76 bits per heavy atom. The second kappa shape index (κ2) is 8.43. The Bertz CT molecular complexity index is 1180. The van der Waals surface area contributed by atoms with Crippen LogP contribution < -0.4 is 15.6 Å². The van der Waals surface area contributed by atoms with Gasteiger partial charge in [0.15, 0.2) is 12.4 Å². The third kappa shape index (κ3) is 4.35. The normalized spacial score (nSPS) is 10.8. The average molecular weight is 389 g/mol. The molecule has 0 unspecified atom stereocenters. The third-order valence-electron chi connectivity index (χ3n) is 4.39. The van der Waals surface area contributed by atoms with Gasteiger partial charge in [-0.25, -0.2) is 4.68 Å². The number of fused-ring (bicyclic) bond motifs is 1. The van der Waals surface area contributed by atoms with Crippen molar-refractivity contribution in [3.63, 3.8) is 0 Å². The predicted octanol–water partition coefficient (Wildman–Crippen LogP) is 2.85. The molecule has 0 aliphatic heterocycles. The number of benzene rings is 2. The zero-order valence-electron chi connectivity index (χ0n) is 15.6. The molecular formula is C22H19N3O4. The summed E-state index contributed by atoms with van der Waals surface area (Å²) in [7, 11) is 0. The molecule has 0 radical (unpaired) electrons. The van der Waals surface area contributed by atoms with E-state index in [4.69, 9.17) is 9.15 Å². The van der Waals surface area contributed by atoms with Crippen molar-refractivity contribution in [2.24, 2.45) is 0 Å². The van der Waals surface area contributed by atoms with Gasteiger partial charge in [-0.1, -0.05) is 36.4 Å². The Balaban J connectivity index is 1.32. The summed E-state index contributed by atoms with van der Waals surface area (Å²) in [6.07, 6.45) is 1.54. The van der Waals surface area contributed by atoms with Crippen molar-refractivity contribution in [3.05, 3.63) is 83.3 Å². The molecular weight excluding hydrogens is 370 g/mol. The molecule has 0 bridgehead atoms. The number of ether oxygens (including phenoxy) is 1. The molecule has 2 heterocycles. The number of amides is 1. The van der Waals surface area contributed by atoms with E-state index in [9.17, 15) is 9.59 Å². The van der Waals surface area contributed by atoms with Crippen LogP contribution in [0.15, 0.2) is 82.2 Å². The van der Waals surface area contributed by atoms with Crippen LogP contribution in [-0.2, 0) is 11.3 Å². The van der Waals surface area contributed by atoms with Crippen molar-refractivity contribution in [1.82, 2.24) is 15.1 Å². The van der Waals surface area contributed by atoms with Crippen molar-refractivity contribution in [1.29, 1.82) is 0 Å². The topological polar surface area (TPSA) is 86.4 Å². The number of furan rings is 1. The first-order valence-electron chi connectivity index (χ1n) is 9.20. The van der Waals surface area contributed by atoms with Crippen LogP contribution in [0.5, 0.6) is 5.75 Å². The summed E-state index contributed by atoms with van der Waals surface area (Å²) < 4.78 is 12.3. The van der Waals surface area contributed by atoms with Gasteiger partial charge >= 0.3 is 0 Å². The fraction of sp³-hybridized carbons (Fsp3) is 0.136. The van der Waals surface area contributed by atoms with Crippen LogP contribution in [0.25, 0.3) is 22.2 Å². The summed E-state index contributed by atoms with van der Waals surface area (Å²) in [5.74, 6) is 0.960. The average Bonchev–Trinajstić information content (AvgIpc) is 3.28. The van der Waals surface area contributed by atoms with Gasteiger partial charge in [0.25, 0.3) is 11.5 Å². The zero-order valence-corrected chi connectivity index (χ0v) is 15.6. The Morgan fingerprint density at radius 2 is 1.90 bits per heavy atom. The van der Waals surface area contributed by atoms with Crippen LogP contribution in [0.4, 0.5) is 0 Å². The molecule has 2 aromatic carbocycles. The first kappa shape index (κ1) is 18.5. The van der Waals surface area contributed by atoms with Gasteiger partial charge < -0.3 is 14.5 Å². The molecule has 29 heavy (non-hydrogen) atoms. The highest BCUT2D eigenvalue weighted by Gasteiger charge is 2.08. The van der Waals surface area contributed by atoms with E-state index < -0.39 is 0 Å². The molecule has 0 aliphatic rings. The second-order valence-corrected chi connectivity index (χ2v) is 6.37. The molecule has 0 atom stereocenters. The fourth-order valence-electron chi connectivity index (χ4n) is 2.98. The number of aromatic nitrogens is 2. The van der Waals surface area contributed by atoms with Gasteiger partial charge in [-0.3, -0.25) is 9.59 Å². The molecule has 0 fully saturated rings. The van der Waals surface area contributed by atoms with Crippen molar-refractivity contribution in [3.8, 4) is 17.2 Å². The van der Waals surface area contributed by atoms with Crippen LogP contribution in [0.1, 0.15) is 0 Å². The van der Waals surface area contributed by atoms with Crippen LogP contribution in [0.2, 0.25) is 0 Å². The molecule has 4 aromatic rings. The summed E-state index contributed by atoms with van der Waals surface area (Å²) >= 11 is 0. The minimum Gasteiger partial charge on any atom is -0.483 e. The fourth-order valence-corrected chi connectivity index (χ4v) is 2.98. The van der Waals surface area contributed by atoms with Gasteiger partial charge in [-0.05, 0) is 29.7 Å². The van der Waals surface area contributed by atoms with E-state index in [0.29, 0.717) is 17.2 Å². The van der Waals surface area contributed by atoms with Crippen molar-refractivity contribution >= 4 is 16.7 Å². The first-order chi connectivity index (χ1) is 14.2. The van der Waals surface area contributed by atoms with Crippen molar-refractivity contribution in [2.75, 3.05) is 13.2 Å². The maximum absolute atomic E-state index is 12.1. The Hall–Kier alpha value is -3.87. The molecule has 0 saturated heterocycles. The summed E-state index contributed by atoms with van der Waals surface area (Å²) in [5.41, 5.74) is 0.307. The molecule has 1 N–H and O–H groups in total. The molecule has 0 aliphatic carbocycles. The summed E-state index contributed by atoms with van der Waals surface area (Å²) in [6.45, 7) is 0.391. The molecule has 146 valence electrons. The van der Waals surface area contributed by atoms with Gasteiger partial charge in [-0.2, -0.15) is 5.10 Å². The molecule has 1 amide bonds. The smallest absolute Gasteiger partial charge is 0.266 e. The van der Waals surface area contributed by atoms with E-state index in [1.165, 1.54) is 10.7 Å². The monoisotopic (exact) mass is 389 g/mol. The summed E-state index contributed by atoms with van der Waals surface area (Å²) in [4.78, 5) is 24.1. The van der Waals surface area contributed by atoms with Crippen molar-refractivity contribution < 1.29 is 13.9 Å². The molecule has 4 rings (SSSR count). The van der Waals surface area contributed by atoms with Gasteiger partial charge in [0, 0.05) is 18.0 Å². The number of carbonyl (C=O) groups excluding carboxylic acids is 1. The van der Waals surface area contributed by atoms with Crippen LogP contribution in [0, 0.1) is 0 Å². The Labute approximate surface area is 166 Å². The van der Waals surface area contributed by atoms with Gasteiger partial charge in [0.2, 0.25) is 0 Å². The maximum Gasteiger partial charge on any atom is 0.266 e. The lowest BCUT2D eigenvalue weighted by Gasteiger charge is -2.10. The number of rotatable bonds is 7. The summed E-state index contributed by atoms with van der Waals surface area (Å²) in [6, 6.07) is 20.1. The van der Waals surface area contributed by atoms with Gasteiger partial charge in [-0.15, -0.1) is 0 Å². The third-order valence-corrected chi connectivity index (χ3v) is 4.39. The maximum atomic E-state index is 12.1. The predicted molar refractivity (Wildman–Crippen MR) is 109 cm³/mol. The second-order valence-electron chi connectivity index (χ2n) is 6.37. The van der Waals surface area contributed by atoms with E-state index in [0.717, 1.165) is 10.8 Å². The SMILES string of the molecule is O=C(COc1cccc2ccccc12)NCCn1nc(-c2ccco2)ccc1=O. The number of carbonyl (C=O) groups is 1. The number of nitrogens with one attached hydrogen (secondary N) is 1. The highest BCUT2D eigenvalue weighted by atomic mass is 16.5. The van der Waals surface area contributed by atoms with Gasteiger partial charge in [0.05, 0.1) is 12.8 Å². The lowest BCUT2D eigenvalue weighted by molar-refractivity contribution is -0.123. The van der Waals surface area contributed by atoms with E-state index in [2.05, 4.69) is 10.4 Å². The van der Waals surface area contributed by atoms with E-state index in [1.54, 1.807) is 24.5 Å². The van der Waals surface area contributed by atoms with Crippen LogP contribution >= 0.6 is 0 Å². The standard InChI is InChI=1S/C22H19N3O4/c26-21(15-29-19-8-3-6-16-5-1-2-7-17(16)19)23-12-13-25-22(27)11-10-18(24-25)20-9-4-14-28-20/h1-11,14H,12-13,15H2,(H,23,26). The summed E-state index contributed by atoms with van der Waals surface area (Å²) in [5, 5.41) is 9.01. The molecule has 2 aromatic heterocycles. The van der Waals surface area contributed by atoms with Crippen LogP contribution in [-0.4, -0.2) is 28.8 Å². The number of hydrogen-bond acceptors (Lipinski definition) is 5.